The Kier molecular flexibility index (Phi) is 3.65. The Hall–Kier alpha value is -2.33. The van der Waals surface area contributed by atoms with Gasteiger partial charge in [-0.1, -0.05) is 12.1 Å². The van der Waals surface area contributed by atoms with Gasteiger partial charge in [0.2, 0.25) is 0 Å². The second-order valence-corrected chi connectivity index (χ2v) is 4.55. The molecule has 0 saturated heterocycles. The van der Waals surface area contributed by atoms with E-state index in [9.17, 15) is 0 Å². The monoisotopic (exact) mass is 268 g/mol. The fourth-order valence-electron chi connectivity index (χ4n) is 2.17. The maximum Gasteiger partial charge on any atom is 0.176 e. The molecule has 0 spiro atoms. The molecule has 1 aromatic carbocycles. The standard InChI is InChI=1S/C16H16N2O2/c1-19-15-4-2-3-13-9-14(20-16(13)15)11-18-10-12-5-7-17-8-6-12/h2-9,18H,10-11H2,1H3. The van der Waals surface area contributed by atoms with E-state index in [0.717, 1.165) is 29.0 Å². The van der Waals surface area contributed by atoms with Crippen LogP contribution in [0.2, 0.25) is 0 Å². The Bertz CT molecular complexity index is 692. The van der Waals surface area contributed by atoms with E-state index in [1.54, 1.807) is 19.5 Å². The lowest BCUT2D eigenvalue weighted by molar-refractivity contribution is 0.406. The summed E-state index contributed by atoms with van der Waals surface area (Å²) in [4.78, 5) is 4.00. The number of aromatic nitrogens is 1. The number of nitrogens with one attached hydrogen (secondary N) is 1. The Labute approximate surface area is 117 Å². The summed E-state index contributed by atoms with van der Waals surface area (Å²) in [6.45, 7) is 1.47. The molecule has 2 aromatic heterocycles. The predicted molar refractivity (Wildman–Crippen MR) is 77.5 cm³/mol. The topological polar surface area (TPSA) is 47.3 Å². The average Bonchev–Trinajstić information content (AvgIpc) is 2.91. The molecule has 0 aliphatic heterocycles. The number of hydrogen-bond acceptors (Lipinski definition) is 4. The number of nitrogens with zero attached hydrogens (tertiary/aromatic N) is 1. The van der Waals surface area contributed by atoms with Crippen LogP contribution in [0.4, 0.5) is 0 Å². The summed E-state index contributed by atoms with van der Waals surface area (Å²) in [5.41, 5.74) is 2.00. The van der Waals surface area contributed by atoms with Gasteiger partial charge in [0, 0.05) is 24.3 Å². The molecule has 0 saturated carbocycles. The predicted octanol–water partition coefficient (Wildman–Crippen LogP) is 3.13. The first-order chi connectivity index (χ1) is 9.86. The van der Waals surface area contributed by atoms with Gasteiger partial charge < -0.3 is 14.5 Å². The quantitative estimate of drug-likeness (QED) is 0.772. The molecule has 0 aliphatic carbocycles. The van der Waals surface area contributed by atoms with Gasteiger partial charge in [-0.2, -0.15) is 0 Å². The Morgan fingerprint density at radius 2 is 2.00 bits per heavy atom. The Morgan fingerprint density at radius 1 is 1.15 bits per heavy atom. The van der Waals surface area contributed by atoms with Crippen molar-refractivity contribution in [2.75, 3.05) is 7.11 Å². The minimum atomic E-state index is 0.681. The molecule has 3 rings (SSSR count). The molecule has 0 radical (unpaired) electrons. The van der Waals surface area contributed by atoms with Crippen molar-refractivity contribution in [3.05, 3.63) is 60.1 Å². The first kappa shape index (κ1) is 12.7. The zero-order chi connectivity index (χ0) is 13.8. The molecule has 0 fully saturated rings. The first-order valence-electron chi connectivity index (χ1n) is 6.52. The van der Waals surface area contributed by atoms with Crippen molar-refractivity contribution >= 4 is 11.0 Å². The third kappa shape index (κ3) is 2.65. The molecule has 2 heterocycles. The summed E-state index contributed by atoms with van der Waals surface area (Å²) < 4.78 is 11.1. The highest BCUT2D eigenvalue weighted by Crippen LogP contribution is 2.28. The number of fused-ring (bicyclic) bond motifs is 1. The van der Waals surface area contributed by atoms with E-state index >= 15 is 0 Å². The van der Waals surface area contributed by atoms with Crippen LogP contribution in [0.25, 0.3) is 11.0 Å². The van der Waals surface area contributed by atoms with Crippen molar-refractivity contribution in [3.63, 3.8) is 0 Å². The van der Waals surface area contributed by atoms with E-state index in [2.05, 4.69) is 10.3 Å². The molecule has 0 atom stereocenters. The second kappa shape index (κ2) is 5.75. The van der Waals surface area contributed by atoms with Crippen LogP contribution in [0.15, 0.2) is 53.2 Å². The fraction of sp³-hybridized carbons (Fsp3) is 0.188. The molecule has 4 heteroatoms. The maximum atomic E-state index is 5.83. The summed E-state index contributed by atoms with van der Waals surface area (Å²) in [5.74, 6) is 1.67. The van der Waals surface area contributed by atoms with Crippen molar-refractivity contribution < 1.29 is 9.15 Å². The molecule has 0 aliphatic rings. The van der Waals surface area contributed by atoms with Crippen LogP contribution in [-0.4, -0.2) is 12.1 Å². The van der Waals surface area contributed by atoms with Crippen LogP contribution in [0.3, 0.4) is 0 Å². The van der Waals surface area contributed by atoms with E-state index in [1.807, 2.05) is 36.4 Å². The molecule has 0 amide bonds. The van der Waals surface area contributed by atoms with Gasteiger partial charge in [-0.25, -0.2) is 0 Å². The molecule has 0 unspecified atom stereocenters. The number of pyridine rings is 1. The third-order valence-electron chi connectivity index (χ3n) is 3.16. The number of furan rings is 1. The zero-order valence-corrected chi connectivity index (χ0v) is 11.3. The maximum absolute atomic E-state index is 5.83. The summed E-state index contributed by atoms with van der Waals surface area (Å²) in [7, 11) is 1.65. The van der Waals surface area contributed by atoms with Gasteiger partial charge >= 0.3 is 0 Å². The molecular formula is C16H16N2O2. The van der Waals surface area contributed by atoms with Gasteiger partial charge in [-0.05, 0) is 29.8 Å². The number of benzene rings is 1. The summed E-state index contributed by atoms with van der Waals surface area (Å²) in [5, 5.41) is 4.41. The SMILES string of the molecule is COc1cccc2cc(CNCc3ccncc3)oc12. The number of hydrogen-bond donors (Lipinski definition) is 1. The second-order valence-electron chi connectivity index (χ2n) is 4.55. The largest absolute Gasteiger partial charge is 0.493 e. The van der Waals surface area contributed by atoms with Crippen LogP contribution >= 0.6 is 0 Å². The Balaban J connectivity index is 1.69. The molecule has 3 aromatic rings. The van der Waals surface area contributed by atoms with Crippen molar-refractivity contribution in [2.45, 2.75) is 13.1 Å². The van der Waals surface area contributed by atoms with Crippen molar-refractivity contribution in [1.82, 2.24) is 10.3 Å². The smallest absolute Gasteiger partial charge is 0.176 e. The molecule has 102 valence electrons. The lowest BCUT2D eigenvalue weighted by Crippen LogP contribution is -2.11. The highest BCUT2D eigenvalue weighted by Gasteiger charge is 2.07. The molecule has 1 N–H and O–H groups in total. The van der Waals surface area contributed by atoms with E-state index in [4.69, 9.17) is 9.15 Å². The van der Waals surface area contributed by atoms with Gasteiger partial charge in [0.15, 0.2) is 11.3 Å². The highest BCUT2D eigenvalue weighted by atomic mass is 16.5. The van der Waals surface area contributed by atoms with E-state index in [0.29, 0.717) is 6.54 Å². The minimum Gasteiger partial charge on any atom is -0.493 e. The normalized spacial score (nSPS) is 10.8. The van der Waals surface area contributed by atoms with Crippen molar-refractivity contribution in [1.29, 1.82) is 0 Å². The van der Waals surface area contributed by atoms with Crippen LogP contribution in [0, 0.1) is 0 Å². The minimum absolute atomic E-state index is 0.681. The summed E-state index contributed by atoms with van der Waals surface area (Å²) in [6, 6.07) is 11.9. The average molecular weight is 268 g/mol. The van der Waals surface area contributed by atoms with Crippen LogP contribution in [-0.2, 0) is 13.1 Å². The van der Waals surface area contributed by atoms with Gasteiger partial charge in [-0.15, -0.1) is 0 Å². The van der Waals surface area contributed by atoms with Crippen LogP contribution < -0.4 is 10.1 Å². The van der Waals surface area contributed by atoms with Crippen LogP contribution in [0.5, 0.6) is 5.75 Å². The highest BCUT2D eigenvalue weighted by molar-refractivity contribution is 5.83. The third-order valence-corrected chi connectivity index (χ3v) is 3.16. The summed E-state index contributed by atoms with van der Waals surface area (Å²) in [6.07, 6.45) is 3.59. The van der Waals surface area contributed by atoms with E-state index in [-0.39, 0.29) is 0 Å². The Morgan fingerprint density at radius 3 is 2.80 bits per heavy atom. The van der Waals surface area contributed by atoms with Gasteiger partial charge in [0.1, 0.15) is 5.76 Å². The summed E-state index contributed by atoms with van der Waals surface area (Å²) >= 11 is 0. The molecule has 20 heavy (non-hydrogen) atoms. The lowest BCUT2D eigenvalue weighted by atomic mass is 10.2. The van der Waals surface area contributed by atoms with Crippen molar-refractivity contribution in [2.24, 2.45) is 0 Å². The molecule has 0 bridgehead atoms. The van der Waals surface area contributed by atoms with E-state index in [1.165, 1.54) is 5.56 Å². The number of para-hydroxylation sites is 1. The molecule has 4 nitrogen and oxygen atoms in total. The van der Waals surface area contributed by atoms with Crippen molar-refractivity contribution in [3.8, 4) is 5.75 Å². The number of ether oxygens (including phenoxy) is 1. The first-order valence-corrected chi connectivity index (χ1v) is 6.52. The van der Waals surface area contributed by atoms with Gasteiger partial charge in [0.25, 0.3) is 0 Å². The zero-order valence-electron chi connectivity index (χ0n) is 11.3. The molecular weight excluding hydrogens is 252 g/mol. The van der Waals surface area contributed by atoms with E-state index < -0.39 is 0 Å². The number of methoxy groups -OCH3 is 1. The fourth-order valence-corrected chi connectivity index (χ4v) is 2.17. The number of rotatable bonds is 5. The lowest BCUT2D eigenvalue weighted by Gasteiger charge is -2.02. The van der Waals surface area contributed by atoms with Gasteiger partial charge in [-0.3, -0.25) is 4.98 Å². The van der Waals surface area contributed by atoms with Gasteiger partial charge in [0.05, 0.1) is 13.7 Å². The van der Waals surface area contributed by atoms with Crippen LogP contribution in [0.1, 0.15) is 11.3 Å².